The smallest absolute Gasteiger partial charge is 0.251 e. The summed E-state index contributed by atoms with van der Waals surface area (Å²) in [7, 11) is 0. The molecule has 2 heterocycles. The van der Waals surface area contributed by atoms with Crippen LogP contribution in [0, 0.1) is 11.3 Å². The number of nitrogen functional groups attached to an aromatic ring is 1. The highest BCUT2D eigenvalue weighted by molar-refractivity contribution is 5.98. The molecule has 34 heavy (non-hydrogen) atoms. The molecule has 9 nitrogen and oxygen atoms in total. The van der Waals surface area contributed by atoms with E-state index >= 15 is 0 Å². The Morgan fingerprint density at radius 3 is 2.41 bits per heavy atom. The second kappa shape index (κ2) is 10.1. The number of nitrogens with one attached hydrogen (secondary N) is 1. The average Bonchev–Trinajstić information content (AvgIpc) is 3.34. The van der Waals surface area contributed by atoms with E-state index in [1.165, 1.54) is 0 Å². The van der Waals surface area contributed by atoms with Crippen molar-refractivity contribution in [3.05, 3.63) is 29.8 Å². The summed E-state index contributed by atoms with van der Waals surface area (Å²) in [6.45, 7) is 8.55. The van der Waals surface area contributed by atoms with Gasteiger partial charge in [0.25, 0.3) is 5.91 Å². The molecule has 4 atom stereocenters. The molecule has 4 unspecified atom stereocenters. The number of likely N-dealkylation sites (tertiary alicyclic amines) is 2. The van der Waals surface area contributed by atoms with Gasteiger partial charge in [0.15, 0.2) is 5.78 Å². The van der Waals surface area contributed by atoms with Crippen molar-refractivity contribution in [1.29, 1.82) is 0 Å². The van der Waals surface area contributed by atoms with E-state index in [9.17, 15) is 19.2 Å². The van der Waals surface area contributed by atoms with Gasteiger partial charge in [-0.2, -0.15) is 0 Å². The van der Waals surface area contributed by atoms with Gasteiger partial charge < -0.3 is 26.6 Å². The Balaban J connectivity index is 1.50. The number of nitrogens with zero attached hydrogens (tertiary/aromatic N) is 2. The van der Waals surface area contributed by atoms with Gasteiger partial charge in [0.2, 0.25) is 11.8 Å². The number of benzene rings is 1. The SMILES string of the molecule is CC(CCNC(=O)c1ccc(N)cc1)CC(=O)N1CCC2C1C(=O)CN2C(=O)C(N)C(C)(C)C. The molecule has 1 aromatic rings. The molecule has 9 heteroatoms. The van der Waals surface area contributed by atoms with Gasteiger partial charge >= 0.3 is 0 Å². The van der Waals surface area contributed by atoms with E-state index in [-0.39, 0.29) is 48.4 Å². The fourth-order valence-corrected chi connectivity index (χ4v) is 4.63. The van der Waals surface area contributed by atoms with Gasteiger partial charge in [-0.1, -0.05) is 27.7 Å². The third-order valence-corrected chi connectivity index (χ3v) is 6.84. The Hall–Kier alpha value is -2.94. The molecule has 2 saturated heterocycles. The lowest BCUT2D eigenvalue weighted by atomic mass is 9.86. The molecule has 3 rings (SSSR count). The zero-order valence-corrected chi connectivity index (χ0v) is 20.5. The highest BCUT2D eigenvalue weighted by atomic mass is 16.2. The first-order chi connectivity index (χ1) is 15.9. The second-order valence-electron chi connectivity index (χ2n) is 10.6. The van der Waals surface area contributed by atoms with Crippen molar-refractivity contribution in [3.63, 3.8) is 0 Å². The number of carbonyl (C=O) groups is 4. The van der Waals surface area contributed by atoms with Crippen molar-refractivity contribution in [2.24, 2.45) is 17.1 Å². The molecule has 0 aromatic heterocycles. The number of hydrogen-bond donors (Lipinski definition) is 3. The van der Waals surface area contributed by atoms with Crippen LogP contribution in [-0.2, 0) is 14.4 Å². The lowest BCUT2D eigenvalue weighted by Crippen LogP contribution is -2.52. The molecule has 2 aliphatic heterocycles. The largest absolute Gasteiger partial charge is 0.399 e. The van der Waals surface area contributed by atoms with Crippen LogP contribution >= 0.6 is 0 Å². The minimum Gasteiger partial charge on any atom is -0.399 e. The maximum Gasteiger partial charge on any atom is 0.251 e. The molecular weight excluding hydrogens is 434 g/mol. The lowest BCUT2D eigenvalue weighted by Gasteiger charge is -2.32. The molecule has 3 amide bonds. The predicted molar refractivity (Wildman–Crippen MR) is 130 cm³/mol. The number of carbonyl (C=O) groups excluding carboxylic acids is 4. The van der Waals surface area contributed by atoms with Crippen LogP contribution in [0.5, 0.6) is 0 Å². The molecule has 0 radical (unpaired) electrons. The summed E-state index contributed by atoms with van der Waals surface area (Å²) in [6, 6.07) is 5.11. The first-order valence-electron chi connectivity index (χ1n) is 11.9. The molecule has 0 aliphatic carbocycles. The van der Waals surface area contributed by atoms with Crippen molar-refractivity contribution in [2.75, 3.05) is 25.4 Å². The summed E-state index contributed by atoms with van der Waals surface area (Å²) in [5.74, 6) is -0.577. The monoisotopic (exact) mass is 471 g/mol. The Bertz CT molecular complexity index is 940. The van der Waals surface area contributed by atoms with Crippen molar-refractivity contribution < 1.29 is 19.2 Å². The fraction of sp³-hybridized carbons (Fsp3) is 0.600. The number of ketones is 1. The van der Waals surface area contributed by atoms with Crippen LogP contribution in [0.4, 0.5) is 5.69 Å². The van der Waals surface area contributed by atoms with Gasteiger partial charge in [0, 0.05) is 30.8 Å². The van der Waals surface area contributed by atoms with Crippen LogP contribution in [0.15, 0.2) is 24.3 Å². The van der Waals surface area contributed by atoms with E-state index in [1.807, 2.05) is 27.7 Å². The van der Waals surface area contributed by atoms with Gasteiger partial charge in [-0.25, -0.2) is 0 Å². The first-order valence-corrected chi connectivity index (χ1v) is 11.9. The molecular formula is C25H37N5O4. The predicted octanol–water partition coefficient (Wildman–Crippen LogP) is 1.17. The first kappa shape index (κ1) is 25.7. The summed E-state index contributed by atoms with van der Waals surface area (Å²) in [5, 5.41) is 2.86. The van der Waals surface area contributed by atoms with Crippen molar-refractivity contribution in [2.45, 2.75) is 65.1 Å². The zero-order valence-electron chi connectivity index (χ0n) is 20.5. The van der Waals surface area contributed by atoms with Crippen molar-refractivity contribution >= 4 is 29.2 Å². The normalized spacial score (nSPS) is 21.9. The summed E-state index contributed by atoms with van der Waals surface area (Å²) in [6.07, 6.45) is 1.49. The quantitative estimate of drug-likeness (QED) is 0.510. The highest BCUT2D eigenvalue weighted by Crippen LogP contribution is 2.32. The third kappa shape index (κ3) is 5.58. The molecule has 2 fully saturated rings. The second-order valence-corrected chi connectivity index (χ2v) is 10.6. The number of anilines is 1. The summed E-state index contributed by atoms with van der Waals surface area (Å²) in [4.78, 5) is 54.1. The molecule has 0 saturated carbocycles. The number of nitrogens with two attached hydrogens (primary N) is 2. The Kier molecular flexibility index (Phi) is 7.65. The van der Waals surface area contributed by atoms with Crippen molar-refractivity contribution in [1.82, 2.24) is 15.1 Å². The average molecular weight is 472 g/mol. The van der Waals surface area contributed by atoms with Crippen LogP contribution in [0.2, 0.25) is 0 Å². The van der Waals surface area contributed by atoms with Crippen LogP contribution in [0.1, 0.15) is 57.3 Å². The van der Waals surface area contributed by atoms with Gasteiger partial charge in [0.05, 0.1) is 18.6 Å². The number of Topliss-reactive ketones (excluding diaryl/α,β-unsaturated/α-hetero) is 1. The van der Waals surface area contributed by atoms with E-state index in [1.54, 1.807) is 34.1 Å². The van der Waals surface area contributed by atoms with Gasteiger partial charge in [-0.3, -0.25) is 19.2 Å². The maximum atomic E-state index is 13.0. The third-order valence-electron chi connectivity index (χ3n) is 6.84. The molecule has 0 bridgehead atoms. The summed E-state index contributed by atoms with van der Waals surface area (Å²) >= 11 is 0. The number of rotatable bonds is 7. The summed E-state index contributed by atoms with van der Waals surface area (Å²) in [5.41, 5.74) is 12.5. The van der Waals surface area contributed by atoms with E-state index < -0.39 is 17.5 Å². The van der Waals surface area contributed by atoms with Crippen LogP contribution in [-0.4, -0.2) is 71.1 Å². The Morgan fingerprint density at radius 1 is 1.15 bits per heavy atom. The molecule has 0 spiro atoms. The zero-order chi connectivity index (χ0) is 25.2. The van der Waals surface area contributed by atoms with Crippen molar-refractivity contribution in [3.8, 4) is 0 Å². The van der Waals surface area contributed by atoms with E-state index in [0.29, 0.717) is 37.2 Å². The van der Waals surface area contributed by atoms with Crippen LogP contribution < -0.4 is 16.8 Å². The van der Waals surface area contributed by atoms with Crippen LogP contribution in [0.3, 0.4) is 0 Å². The van der Waals surface area contributed by atoms with Gasteiger partial charge in [-0.05, 0) is 48.4 Å². The topological polar surface area (TPSA) is 139 Å². The maximum absolute atomic E-state index is 13.0. The molecule has 2 aliphatic rings. The lowest BCUT2D eigenvalue weighted by molar-refractivity contribution is -0.137. The van der Waals surface area contributed by atoms with E-state index in [2.05, 4.69) is 5.32 Å². The molecule has 5 N–H and O–H groups in total. The number of fused-ring (bicyclic) bond motifs is 1. The number of hydrogen-bond acceptors (Lipinski definition) is 6. The Labute approximate surface area is 201 Å². The fourth-order valence-electron chi connectivity index (χ4n) is 4.63. The molecule has 1 aromatic carbocycles. The minimum atomic E-state index is -0.702. The van der Waals surface area contributed by atoms with E-state index in [4.69, 9.17) is 11.5 Å². The standard InChI is InChI=1S/C25H37N5O4/c1-15(9-11-28-23(33)16-5-7-17(26)8-6-16)13-20(32)29-12-10-18-21(29)19(31)14-30(18)24(34)22(27)25(2,3)4/h5-8,15,18,21-22H,9-14,26-27H2,1-4H3,(H,28,33). The highest BCUT2D eigenvalue weighted by Gasteiger charge is 2.52. The van der Waals surface area contributed by atoms with E-state index in [0.717, 1.165) is 0 Å². The minimum absolute atomic E-state index is 0.00838. The Morgan fingerprint density at radius 2 is 1.79 bits per heavy atom. The number of amides is 3. The summed E-state index contributed by atoms with van der Waals surface area (Å²) < 4.78 is 0. The molecule has 186 valence electrons. The van der Waals surface area contributed by atoms with Crippen LogP contribution in [0.25, 0.3) is 0 Å². The van der Waals surface area contributed by atoms with Gasteiger partial charge in [-0.15, -0.1) is 0 Å². The van der Waals surface area contributed by atoms with Gasteiger partial charge in [0.1, 0.15) is 6.04 Å².